The Hall–Kier alpha value is -1.11. The third-order valence-electron chi connectivity index (χ3n) is 4.43. The molecule has 0 bridgehead atoms. The number of unbranched alkanes of at least 4 members (excludes halogenated alkanes) is 7. The lowest BCUT2D eigenvalue weighted by atomic mass is 10.1. The number of methoxy groups -OCH3 is 1. The van der Waals surface area contributed by atoms with E-state index in [4.69, 9.17) is 14.2 Å². The fourth-order valence-electron chi connectivity index (χ4n) is 3.00. The highest BCUT2D eigenvalue weighted by molar-refractivity contribution is 7.14. The molecule has 6 heteroatoms. The lowest BCUT2D eigenvalue weighted by Crippen LogP contribution is -2.49. The summed E-state index contributed by atoms with van der Waals surface area (Å²) in [5.41, 5.74) is 0.590. The number of hydrogen-bond donors (Lipinski definition) is 1. The summed E-state index contributed by atoms with van der Waals surface area (Å²) in [5.74, 6) is -1.37. The van der Waals surface area contributed by atoms with E-state index < -0.39 is 5.91 Å². The molecule has 0 aliphatic carbocycles. The van der Waals surface area contributed by atoms with Crippen LogP contribution in [-0.4, -0.2) is 32.2 Å². The predicted octanol–water partition coefficient (Wildman–Crippen LogP) is 5.18. The fraction of sp³-hybridized carbons (Fsp3) is 0.737. The first-order valence-electron chi connectivity index (χ1n) is 9.42. The van der Waals surface area contributed by atoms with Gasteiger partial charge in [0.25, 0.3) is 5.91 Å². The molecule has 1 aromatic rings. The molecule has 1 atom stereocenters. The Morgan fingerprint density at radius 2 is 1.84 bits per heavy atom. The Morgan fingerprint density at radius 1 is 1.12 bits per heavy atom. The number of thiophene rings is 1. The van der Waals surface area contributed by atoms with E-state index >= 15 is 0 Å². The maximum Gasteiger partial charge on any atom is 0.345 e. The van der Waals surface area contributed by atoms with Crippen LogP contribution in [0.25, 0.3) is 0 Å². The smallest absolute Gasteiger partial charge is 0.345 e. The molecule has 0 fully saturated rings. The van der Waals surface area contributed by atoms with Crippen molar-refractivity contribution in [3.63, 3.8) is 0 Å². The normalized spacial score (nSPS) is 19.4. The van der Waals surface area contributed by atoms with Gasteiger partial charge in [-0.3, -0.25) is 0 Å². The number of nitrogens with one attached hydrogen (secondary N) is 1. The minimum absolute atomic E-state index is 0.313. The molecule has 2 rings (SSSR count). The third kappa shape index (κ3) is 6.28. The molecule has 0 saturated carbocycles. The number of carbonyl (C=O) groups excluding carboxylic acids is 1. The van der Waals surface area contributed by atoms with Gasteiger partial charge in [0.1, 0.15) is 5.00 Å². The lowest BCUT2D eigenvalue weighted by Gasteiger charge is -2.37. The first kappa shape index (κ1) is 20.2. The van der Waals surface area contributed by atoms with Crippen molar-refractivity contribution in [2.45, 2.75) is 70.6 Å². The third-order valence-corrected chi connectivity index (χ3v) is 5.26. The van der Waals surface area contributed by atoms with E-state index in [1.807, 2.05) is 5.38 Å². The Kier molecular flexibility index (Phi) is 8.72. The first-order valence-corrected chi connectivity index (χ1v) is 10.3. The number of anilines is 1. The lowest BCUT2D eigenvalue weighted by molar-refractivity contribution is -0.196. The number of cyclic esters (lactones) is 1. The van der Waals surface area contributed by atoms with Crippen molar-refractivity contribution in [3.8, 4) is 0 Å². The molecule has 2 heterocycles. The molecule has 0 aromatic carbocycles. The first-order chi connectivity index (χ1) is 12.2. The van der Waals surface area contributed by atoms with Gasteiger partial charge in [-0.25, -0.2) is 4.79 Å². The summed E-state index contributed by atoms with van der Waals surface area (Å²) >= 11 is 1.50. The van der Waals surface area contributed by atoms with Crippen LogP contribution in [-0.2, 0) is 14.2 Å². The van der Waals surface area contributed by atoms with E-state index in [0.717, 1.165) is 17.8 Å². The van der Waals surface area contributed by atoms with Crippen LogP contribution in [0.1, 0.15) is 75.1 Å². The molecular weight excluding hydrogens is 338 g/mol. The highest BCUT2D eigenvalue weighted by Gasteiger charge is 2.41. The minimum Gasteiger partial charge on any atom is -0.410 e. The van der Waals surface area contributed by atoms with Gasteiger partial charge in [0.05, 0.1) is 18.8 Å². The van der Waals surface area contributed by atoms with Crippen LogP contribution in [0.2, 0.25) is 0 Å². The van der Waals surface area contributed by atoms with Gasteiger partial charge < -0.3 is 19.5 Å². The van der Waals surface area contributed by atoms with Crippen LogP contribution in [0.5, 0.6) is 0 Å². The number of carbonyl (C=O) groups is 1. The monoisotopic (exact) mass is 369 g/mol. The van der Waals surface area contributed by atoms with Crippen molar-refractivity contribution in [1.29, 1.82) is 0 Å². The highest BCUT2D eigenvalue weighted by atomic mass is 32.1. The molecular formula is C19H31NO4S. The predicted molar refractivity (Wildman–Crippen MR) is 101 cm³/mol. The second-order valence-electron chi connectivity index (χ2n) is 6.50. The second kappa shape index (κ2) is 10.8. The summed E-state index contributed by atoms with van der Waals surface area (Å²) in [4.78, 5) is 12.3. The van der Waals surface area contributed by atoms with E-state index in [1.165, 1.54) is 49.9 Å². The summed E-state index contributed by atoms with van der Waals surface area (Å²) in [6, 6.07) is 1.78. The molecule has 5 nitrogen and oxygen atoms in total. The zero-order chi connectivity index (χ0) is 18.0. The van der Waals surface area contributed by atoms with Crippen molar-refractivity contribution in [3.05, 3.63) is 17.0 Å². The van der Waals surface area contributed by atoms with Gasteiger partial charge in [0, 0.05) is 13.5 Å². The van der Waals surface area contributed by atoms with E-state index in [2.05, 4.69) is 12.2 Å². The molecule has 25 heavy (non-hydrogen) atoms. The van der Waals surface area contributed by atoms with Crippen LogP contribution in [0.4, 0.5) is 5.00 Å². The zero-order valence-electron chi connectivity index (χ0n) is 15.5. The number of fused-ring (bicyclic) bond motifs is 1. The topological polar surface area (TPSA) is 56.8 Å². The highest BCUT2D eigenvalue weighted by Crippen LogP contribution is 2.36. The van der Waals surface area contributed by atoms with Gasteiger partial charge in [-0.2, -0.15) is 0 Å². The van der Waals surface area contributed by atoms with Crippen molar-refractivity contribution >= 4 is 22.3 Å². The van der Waals surface area contributed by atoms with E-state index in [1.54, 1.807) is 13.2 Å². The van der Waals surface area contributed by atoms with E-state index in [9.17, 15) is 4.79 Å². The van der Waals surface area contributed by atoms with Crippen LogP contribution >= 0.6 is 11.3 Å². The van der Waals surface area contributed by atoms with Gasteiger partial charge in [-0.05, 0) is 17.9 Å². The second-order valence-corrected chi connectivity index (χ2v) is 7.41. The van der Waals surface area contributed by atoms with Gasteiger partial charge in [-0.15, -0.1) is 11.3 Å². The number of esters is 1. The zero-order valence-corrected chi connectivity index (χ0v) is 16.3. The van der Waals surface area contributed by atoms with Crippen LogP contribution in [0.15, 0.2) is 11.4 Å². The van der Waals surface area contributed by atoms with Crippen LogP contribution in [0, 0.1) is 0 Å². The van der Waals surface area contributed by atoms with E-state index in [0.29, 0.717) is 25.2 Å². The van der Waals surface area contributed by atoms with Gasteiger partial charge in [0.2, 0.25) is 0 Å². The summed E-state index contributed by atoms with van der Waals surface area (Å²) < 4.78 is 16.6. The Bertz CT molecular complexity index is 519. The molecule has 142 valence electrons. The molecule has 1 N–H and O–H groups in total. The van der Waals surface area contributed by atoms with Crippen molar-refractivity contribution < 1.29 is 19.0 Å². The largest absolute Gasteiger partial charge is 0.410 e. The molecule has 1 aliphatic heterocycles. The SMILES string of the molecule is CCCCCCCCCCC1(OCCOC)Nc2sccc2C(=O)O1. The quantitative estimate of drug-likeness (QED) is 0.383. The number of hydrogen-bond acceptors (Lipinski definition) is 6. The number of rotatable bonds is 13. The number of ether oxygens (including phenoxy) is 3. The van der Waals surface area contributed by atoms with Gasteiger partial charge >= 0.3 is 5.97 Å². The molecule has 0 saturated heterocycles. The van der Waals surface area contributed by atoms with Gasteiger partial charge in [0.15, 0.2) is 0 Å². The van der Waals surface area contributed by atoms with Crippen molar-refractivity contribution in [2.75, 3.05) is 25.6 Å². The average molecular weight is 370 g/mol. The Morgan fingerprint density at radius 3 is 2.56 bits per heavy atom. The Balaban J connectivity index is 1.81. The van der Waals surface area contributed by atoms with Gasteiger partial charge in [-0.1, -0.05) is 51.9 Å². The fourth-order valence-corrected chi connectivity index (χ4v) is 3.84. The minimum atomic E-state index is -1.06. The van der Waals surface area contributed by atoms with E-state index in [-0.39, 0.29) is 5.97 Å². The molecule has 1 aliphatic rings. The maximum atomic E-state index is 12.3. The summed E-state index contributed by atoms with van der Waals surface area (Å²) in [6.45, 7) is 3.09. The molecule has 1 unspecified atom stereocenters. The van der Waals surface area contributed by atoms with Crippen molar-refractivity contribution in [2.24, 2.45) is 0 Å². The molecule has 0 radical (unpaired) electrons. The summed E-state index contributed by atoms with van der Waals surface area (Å²) in [7, 11) is 1.63. The van der Waals surface area contributed by atoms with Crippen LogP contribution in [0.3, 0.4) is 0 Å². The summed E-state index contributed by atoms with van der Waals surface area (Å²) in [5, 5.41) is 6.01. The molecule has 0 amide bonds. The standard InChI is InChI=1S/C19H31NO4S/c1-3-4-5-6-7-8-9-10-12-19(23-14-13-22-2)20-17-16(11-15-25-17)18(21)24-19/h11,15,20H,3-10,12-14H2,1-2H3. The maximum absolute atomic E-state index is 12.3. The average Bonchev–Trinajstić information content (AvgIpc) is 3.06. The van der Waals surface area contributed by atoms with Crippen LogP contribution < -0.4 is 5.32 Å². The summed E-state index contributed by atoms with van der Waals surface area (Å²) in [6.07, 6.45) is 10.5. The Labute approximate surface area is 155 Å². The van der Waals surface area contributed by atoms with Crippen molar-refractivity contribution in [1.82, 2.24) is 0 Å². The molecule has 1 aromatic heterocycles. The molecule has 0 spiro atoms.